The number of anilines is 1. The molecule has 1 fully saturated rings. The normalized spacial score (nSPS) is 14.5. The minimum Gasteiger partial charge on any atom is -0.355 e. The van der Waals surface area contributed by atoms with E-state index in [9.17, 15) is 0 Å². The van der Waals surface area contributed by atoms with Crippen LogP contribution in [0.15, 0.2) is 84.1 Å². The van der Waals surface area contributed by atoms with E-state index >= 15 is 0 Å². The van der Waals surface area contributed by atoms with Crippen molar-refractivity contribution >= 4 is 35.9 Å². The van der Waals surface area contributed by atoms with Gasteiger partial charge < -0.3 is 15.5 Å². The number of aromatic nitrogens is 2. The Labute approximate surface area is 219 Å². The minimum absolute atomic E-state index is 0. The van der Waals surface area contributed by atoms with Crippen LogP contribution < -0.4 is 15.5 Å². The molecular formula is C26H34IN7. The Morgan fingerprint density at radius 1 is 0.853 bits per heavy atom. The Morgan fingerprint density at radius 3 is 2.00 bits per heavy atom. The zero-order valence-electron chi connectivity index (χ0n) is 19.7. The lowest BCUT2D eigenvalue weighted by Crippen LogP contribution is -2.50. The summed E-state index contributed by atoms with van der Waals surface area (Å²) in [7, 11) is 1.83. The number of piperazine rings is 1. The number of benzene rings is 2. The fourth-order valence-corrected chi connectivity index (χ4v) is 4.18. The summed E-state index contributed by atoms with van der Waals surface area (Å²) < 4.78 is 0. The maximum absolute atomic E-state index is 4.43. The van der Waals surface area contributed by atoms with Crippen molar-refractivity contribution in [3.8, 4) is 0 Å². The molecule has 34 heavy (non-hydrogen) atoms. The van der Waals surface area contributed by atoms with Crippen LogP contribution in [0.25, 0.3) is 0 Å². The summed E-state index contributed by atoms with van der Waals surface area (Å²) in [6.45, 7) is 6.53. The first-order chi connectivity index (χ1) is 16.3. The van der Waals surface area contributed by atoms with E-state index in [4.69, 9.17) is 0 Å². The SMILES string of the molecule is CN=C(NCCN1CCN(c2ncccn2)CC1)NCC(c1ccccc1)c1ccccc1.I. The van der Waals surface area contributed by atoms with Gasteiger partial charge in [-0.05, 0) is 17.2 Å². The van der Waals surface area contributed by atoms with Gasteiger partial charge in [0.25, 0.3) is 0 Å². The summed E-state index contributed by atoms with van der Waals surface area (Å²) >= 11 is 0. The van der Waals surface area contributed by atoms with E-state index in [-0.39, 0.29) is 29.9 Å². The lowest BCUT2D eigenvalue weighted by Gasteiger charge is -2.34. The minimum atomic E-state index is 0. The predicted octanol–water partition coefficient (Wildman–Crippen LogP) is 3.21. The van der Waals surface area contributed by atoms with Crippen molar-refractivity contribution in [1.29, 1.82) is 0 Å². The highest BCUT2D eigenvalue weighted by molar-refractivity contribution is 14.0. The molecule has 1 saturated heterocycles. The highest BCUT2D eigenvalue weighted by atomic mass is 127. The molecule has 0 saturated carbocycles. The van der Waals surface area contributed by atoms with E-state index in [1.165, 1.54) is 11.1 Å². The Morgan fingerprint density at radius 2 is 1.44 bits per heavy atom. The maximum Gasteiger partial charge on any atom is 0.225 e. The summed E-state index contributed by atoms with van der Waals surface area (Å²) in [5.41, 5.74) is 2.60. The summed E-state index contributed by atoms with van der Waals surface area (Å²) in [5, 5.41) is 7.01. The van der Waals surface area contributed by atoms with Gasteiger partial charge in [-0.25, -0.2) is 9.97 Å². The Balaban J connectivity index is 0.00000324. The van der Waals surface area contributed by atoms with Crippen LogP contribution in [0.2, 0.25) is 0 Å². The first-order valence-corrected chi connectivity index (χ1v) is 11.6. The molecule has 4 rings (SSSR count). The maximum atomic E-state index is 4.43. The number of nitrogens with one attached hydrogen (secondary N) is 2. The monoisotopic (exact) mass is 571 g/mol. The molecule has 1 aliphatic rings. The molecule has 2 N–H and O–H groups in total. The fourth-order valence-electron chi connectivity index (χ4n) is 4.18. The van der Waals surface area contributed by atoms with Crippen molar-refractivity contribution in [3.63, 3.8) is 0 Å². The lowest BCUT2D eigenvalue weighted by molar-refractivity contribution is 0.260. The molecular weight excluding hydrogens is 537 g/mol. The average Bonchev–Trinajstić information content (AvgIpc) is 2.90. The van der Waals surface area contributed by atoms with Crippen molar-refractivity contribution in [2.75, 3.05) is 57.8 Å². The molecule has 7 nitrogen and oxygen atoms in total. The summed E-state index contributed by atoms with van der Waals surface area (Å²) in [6.07, 6.45) is 3.61. The van der Waals surface area contributed by atoms with Gasteiger partial charge in [0.1, 0.15) is 0 Å². The zero-order valence-corrected chi connectivity index (χ0v) is 22.0. The van der Waals surface area contributed by atoms with E-state index in [1.54, 1.807) is 12.4 Å². The van der Waals surface area contributed by atoms with E-state index in [2.05, 4.69) is 96.1 Å². The molecule has 1 aliphatic heterocycles. The molecule has 8 heteroatoms. The van der Waals surface area contributed by atoms with E-state index in [0.29, 0.717) is 0 Å². The van der Waals surface area contributed by atoms with Crippen molar-refractivity contribution in [1.82, 2.24) is 25.5 Å². The van der Waals surface area contributed by atoms with Crippen molar-refractivity contribution in [3.05, 3.63) is 90.3 Å². The van der Waals surface area contributed by atoms with Gasteiger partial charge in [-0.2, -0.15) is 0 Å². The molecule has 180 valence electrons. The highest BCUT2D eigenvalue weighted by Crippen LogP contribution is 2.23. The second kappa shape index (κ2) is 13.9. The first kappa shape index (κ1) is 25.9. The Hall–Kier alpha value is -2.72. The van der Waals surface area contributed by atoms with Crippen LogP contribution in [0.5, 0.6) is 0 Å². The van der Waals surface area contributed by atoms with E-state index in [0.717, 1.165) is 57.7 Å². The van der Waals surface area contributed by atoms with Crippen molar-refractivity contribution in [2.24, 2.45) is 4.99 Å². The number of hydrogen-bond acceptors (Lipinski definition) is 5. The number of aliphatic imine (C=N–C) groups is 1. The number of rotatable bonds is 8. The third-order valence-corrected chi connectivity index (χ3v) is 6.03. The Bertz CT molecular complexity index is 938. The van der Waals surface area contributed by atoms with Crippen LogP contribution in [0.3, 0.4) is 0 Å². The van der Waals surface area contributed by atoms with Gasteiger partial charge >= 0.3 is 0 Å². The molecule has 0 unspecified atom stereocenters. The van der Waals surface area contributed by atoms with Gasteiger partial charge in [0.2, 0.25) is 5.95 Å². The van der Waals surface area contributed by atoms with Gasteiger partial charge in [-0.1, -0.05) is 60.7 Å². The molecule has 1 aromatic heterocycles. The van der Waals surface area contributed by atoms with E-state index < -0.39 is 0 Å². The molecule has 0 spiro atoms. The van der Waals surface area contributed by atoms with Gasteiger partial charge in [0.15, 0.2) is 5.96 Å². The summed E-state index contributed by atoms with van der Waals surface area (Å²) in [6, 6.07) is 23.1. The number of nitrogens with zero attached hydrogens (tertiary/aromatic N) is 5. The summed E-state index contributed by atoms with van der Waals surface area (Å²) in [5.74, 6) is 1.92. The van der Waals surface area contributed by atoms with Gasteiger partial charge in [-0.15, -0.1) is 24.0 Å². The number of halogens is 1. The van der Waals surface area contributed by atoms with Crippen LogP contribution in [-0.2, 0) is 0 Å². The van der Waals surface area contributed by atoms with Gasteiger partial charge in [-0.3, -0.25) is 9.89 Å². The lowest BCUT2D eigenvalue weighted by atomic mass is 9.91. The smallest absolute Gasteiger partial charge is 0.225 e. The molecule has 0 atom stereocenters. The highest BCUT2D eigenvalue weighted by Gasteiger charge is 2.18. The predicted molar refractivity (Wildman–Crippen MR) is 150 cm³/mol. The van der Waals surface area contributed by atoms with Gasteiger partial charge in [0, 0.05) is 71.2 Å². The van der Waals surface area contributed by atoms with Crippen LogP contribution in [-0.4, -0.2) is 73.7 Å². The van der Waals surface area contributed by atoms with Gasteiger partial charge in [0.05, 0.1) is 0 Å². The van der Waals surface area contributed by atoms with Crippen molar-refractivity contribution in [2.45, 2.75) is 5.92 Å². The molecule has 3 aromatic rings. The van der Waals surface area contributed by atoms with Crippen LogP contribution in [0, 0.1) is 0 Å². The summed E-state index contributed by atoms with van der Waals surface area (Å²) in [4.78, 5) is 17.9. The topological polar surface area (TPSA) is 68.7 Å². The number of guanidine groups is 1. The standard InChI is InChI=1S/C26H33N7.HI/c1-27-25(28-15-16-32-17-19-33(20-18-32)26-29-13-8-14-30-26)31-21-24(22-9-4-2-5-10-22)23-11-6-3-7-12-23;/h2-14,24H,15-21H2,1H3,(H2,27,28,31);1H. The third-order valence-electron chi connectivity index (χ3n) is 6.03. The first-order valence-electron chi connectivity index (χ1n) is 11.6. The molecule has 0 amide bonds. The number of hydrogen-bond donors (Lipinski definition) is 2. The van der Waals surface area contributed by atoms with Crippen molar-refractivity contribution < 1.29 is 0 Å². The molecule has 0 radical (unpaired) electrons. The van der Waals surface area contributed by atoms with Crippen LogP contribution in [0.4, 0.5) is 5.95 Å². The third kappa shape index (κ3) is 7.39. The average molecular weight is 572 g/mol. The Kier molecular flexibility index (Phi) is 10.6. The second-order valence-electron chi connectivity index (χ2n) is 8.13. The molecule has 2 heterocycles. The van der Waals surface area contributed by atoms with Crippen LogP contribution >= 0.6 is 24.0 Å². The zero-order chi connectivity index (χ0) is 22.7. The molecule has 0 bridgehead atoms. The fraction of sp³-hybridized carbons (Fsp3) is 0.346. The largest absolute Gasteiger partial charge is 0.355 e. The second-order valence-corrected chi connectivity index (χ2v) is 8.13. The molecule has 2 aromatic carbocycles. The quantitative estimate of drug-likeness (QED) is 0.246. The van der Waals surface area contributed by atoms with Crippen LogP contribution in [0.1, 0.15) is 17.0 Å². The van der Waals surface area contributed by atoms with E-state index in [1.807, 2.05) is 13.1 Å². The molecule has 0 aliphatic carbocycles.